The van der Waals surface area contributed by atoms with Gasteiger partial charge in [0.15, 0.2) is 0 Å². The van der Waals surface area contributed by atoms with Crippen LogP contribution in [-0.2, 0) is 6.61 Å². The van der Waals surface area contributed by atoms with Gasteiger partial charge in [-0.3, -0.25) is 0 Å². The van der Waals surface area contributed by atoms with Gasteiger partial charge < -0.3 is 14.3 Å². The van der Waals surface area contributed by atoms with Gasteiger partial charge in [0.2, 0.25) is 5.88 Å². The quantitative estimate of drug-likeness (QED) is 0.376. The third-order valence-electron chi connectivity index (χ3n) is 4.50. The van der Waals surface area contributed by atoms with Crippen molar-refractivity contribution in [2.45, 2.75) is 6.61 Å². The maximum absolute atomic E-state index is 11.2. The van der Waals surface area contributed by atoms with E-state index in [2.05, 4.69) is 16.2 Å². The molecule has 4 aromatic rings. The molecule has 0 atom stereocenters. The molecule has 1 aromatic carbocycles. The van der Waals surface area contributed by atoms with E-state index < -0.39 is 5.97 Å². The van der Waals surface area contributed by atoms with E-state index in [-0.39, 0.29) is 29.3 Å². The van der Waals surface area contributed by atoms with Crippen molar-refractivity contribution in [3.63, 3.8) is 0 Å². The summed E-state index contributed by atoms with van der Waals surface area (Å²) in [6.07, 6.45) is 3.03. The maximum atomic E-state index is 11.2. The molecule has 8 nitrogen and oxygen atoms in total. The Labute approximate surface area is 180 Å². The number of pyridine rings is 1. The minimum atomic E-state index is -1.17. The normalized spacial score (nSPS) is 10.4. The number of benzene rings is 1. The summed E-state index contributed by atoms with van der Waals surface area (Å²) in [6, 6.07) is 13.4. The second-order valence-corrected chi connectivity index (χ2v) is 7.31. The van der Waals surface area contributed by atoms with Gasteiger partial charge >= 0.3 is 5.97 Å². The second-order valence-electron chi connectivity index (χ2n) is 6.36. The molecule has 3 aromatic heterocycles. The Morgan fingerprint density at radius 3 is 2.81 bits per heavy atom. The molecule has 0 bridgehead atoms. The van der Waals surface area contributed by atoms with Gasteiger partial charge in [0.25, 0.3) is 0 Å². The number of furan rings is 1. The van der Waals surface area contributed by atoms with Crippen molar-refractivity contribution >= 4 is 23.0 Å². The number of aromatic nitrogens is 1. The average molecular weight is 431 g/mol. The fourth-order valence-electron chi connectivity index (χ4n) is 2.98. The van der Waals surface area contributed by atoms with Crippen molar-refractivity contribution in [1.29, 1.82) is 5.26 Å². The summed E-state index contributed by atoms with van der Waals surface area (Å²) in [6.45, 7) is -0.124. The van der Waals surface area contributed by atoms with Gasteiger partial charge in [-0.15, -0.1) is 16.2 Å². The lowest BCUT2D eigenvalue weighted by Gasteiger charge is -2.12. The summed E-state index contributed by atoms with van der Waals surface area (Å²) in [5.74, 6) is -1.08. The van der Waals surface area contributed by atoms with Crippen LogP contribution < -0.4 is 4.74 Å². The number of carboxylic acid groups (broad SMARTS) is 1. The highest BCUT2D eigenvalue weighted by molar-refractivity contribution is 7.13. The maximum Gasteiger partial charge on any atom is 0.335 e. The first-order chi connectivity index (χ1) is 15.1. The summed E-state index contributed by atoms with van der Waals surface area (Å²) in [5, 5.41) is 23.7. The van der Waals surface area contributed by atoms with E-state index in [0.717, 1.165) is 4.88 Å². The molecule has 1 N–H and O–H groups in total. The van der Waals surface area contributed by atoms with Crippen LogP contribution in [0.3, 0.4) is 0 Å². The van der Waals surface area contributed by atoms with Gasteiger partial charge in [0.1, 0.15) is 23.9 Å². The van der Waals surface area contributed by atoms with Crippen molar-refractivity contribution in [2.75, 3.05) is 0 Å². The zero-order valence-corrected chi connectivity index (χ0v) is 16.6. The summed E-state index contributed by atoms with van der Waals surface area (Å²) in [7, 11) is 0. The third-order valence-corrected chi connectivity index (χ3v) is 5.39. The Balaban J connectivity index is 1.75. The van der Waals surface area contributed by atoms with Crippen LogP contribution in [0.15, 0.2) is 70.0 Å². The van der Waals surface area contributed by atoms with Gasteiger partial charge in [-0.05, 0) is 40.9 Å². The van der Waals surface area contributed by atoms with E-state index in [1.54, 1.807) is 12.1 Å². The van der Waals surface area contributed by atoms with Crippen molar-refractivity contribution in [3.05, 3.63) is 82.0 Å². The van der Waals surface area contributed by atoms with Crippen molar-refractivity contribution < 1.29 is 19.1 Å². The minimum Gasteiger partial charge on any atom is -0.478 e. The summed E-state index contributed by atoms with van der Waals surface area (Å²) >= 11 is 1.49. The van der Waals surface area contributed by atoms with Gasteiger partial charge in [0.05, 0.1) is 28.7 Å². The van der Waals surface area contributed by atoms with Crippen molar-refractivity contribution in [2.24, 2.45) is 5.18 Å². The zero-order chi connectivity index (χ0) is 21.8. The summed E-state index contributed by atoms with van der Waals surface area (Å²) < 4.78 is 11.0. The van der Waals surface area contributed by atoms with Crippen LogP contribution in [0.5, 0.6) is 5.88 Å². The van der Waals surface area contributed by atoms with Crippen LogP contribution in [-0.4, -0.2) is 16.1 Å². The fourth-order valence-corrected chi connectivity index (χ4v) is 3.67. The largest absolute Gasteiger partial charge is 0.478 e. The molecule has 0 spiro atoms. The number of rotatable bonds is 7. The van der Waals surface area contributed by atoms with Crippen LogP contribution in [0.1, 0.15) is 21.5 Å². The van der Waals surface area contributed by atoms with Crippen molar-refractivity contribution in [1.82, 2.24) is 4.98 Å². The molecule has 4 rings (SSSR count). The predicted molar refractivity (Wildman–Crippen MR) is 113 cm³/mol. The molecule has 0 aliphatic rings. The van der Waals surface area contributed by atoms with Crippen molar-refractivity contribution in [3.8, 4) is 33.6 Å². The molecule has 3 heterocycles. The molecule has 0 aliphatic heterocycles. The lowest BCUT2D eigenvalue weighted by Crippen LogP contribution is -2.03. The number of nitriles is 1. The highest BCUT2D eigenvalue weighted by Gasteiger charge is 2.19. The SMILES string of the molecule is N#Cc1c(-c2ccoc2)cc(-c2cccs2)nc1OCc1ccc(C(=O)O)cc1N=O. The number of thiophene rings is 1. The minimum absolute atomic E-state index is 0.0529. The Bertz CT molecular complexity index is 1290. The highest BCUT2D eigenvalue weighted by atomic mass is 32.1. The lowest BCUT2D eigenvalue weighted by atomic mass is 10.0. The fraction of sp³-hybridized carbons (Fsp3) is 0.0455. The molecule has 0 saturated heterocycles. The standard InChI is InChI=1S/C22H13N3O5S/c23-10-17-16(14-5-6-29-11-14)9-19(20-2-1-7-31-20)24-21(17)30-12-15-4-3-13(22(26)27)8-18(15)25-28/h1-9,11H,12H2,(H,26,27). The van der Waals surface area contributed by atoms with E-state index in [0.29, 0.717) is 22.4 Å². The Morgan fingerprint density at radius 2 is 2.16 bits per heavy atom. The third kappa shape index (κ3) is 4.05. The van der Waals surface area contributed by atoms with Crippen LogP contribution in [0.2, 0.25) is 0 Å². The topological polar surface area (TPSA) is 126 Å². The van der Waals surface area contributed by atoms with E-state index in [4.69, 9.17) is 14.3 Å². The first kappa shape index (κ1) is 20.0. The van der Waals surface area contributed by atoms with Gasteiger partial charge in [-0.2, -0.15) is 5.26 Å². The van der Waals surface area contributed by atoms with Crippen LogP contribution in [0, 0.1) is 16.2 Å². The van der Waals surface area contributed by atoms with Gasteiger partial charge in [-0.25, -0.2) is 9.78 Å². The van der Waals surface area contributed by atoms with Gasteiger partial charge in [0, 0.05) is 16.7 Å². The second kappa shape index (κ2) is 8.61. The molecular weight excluding hydrogens is 418 g/mol. The highest BCUT2D eigenvalue weighted by Crippen LogP contribution is 2.35. The van der Waals surface area contributed by atoms with E-state index >= 15 is 0 Å². The number of hydrogen-bond donors (Lipinski definition) is 1. The number of carbonyl (C=O) groups is 1. The molecule has 0 aliphatic carbocycles. The Hall–Kier alpha value is -4.29. The summed E-state index contributed by atoms with van der Waals surface area (Å²) in [5.41, 5.74) is 2.39. The summed E-state index contributed by atoms with van der Waals surface area (Å²) in [4.78, 5) is 27.7. The lowest BCUT2D eigenvalue weighted by molar-refractivity contribution is 0.0697. The number of hydrogen-bond acceptors (Lipinski definition) is 8. The molecule has 0 unspecified atom stereocenters. The average Bonchev–Trinajstić information content (AvgIpc) is 3.51. The molecule has 0 saturated carbocycles. The molecular formula is C22H13N3O5S. The number of nitroso groups, excluding NO2 is 1. The smallest absolute Gasteiger partial charge is 0.335 e. The molecule has 0 amide bonds. The van der Waals surface area contributed by atoms with Gasteiger partial charge in [-0.1, -0.05) is 12.1 Å². The van der Waals surface area contributed by atoms with E-state index in [9.17, 15) is 15.0 Å². The molecule has 0 fully saturated rings. The van der Waals surface area contributed by atoms with Crippen LogP contribution >= 0.6 is 11.3 Å². The monoisotopic (exact) mass is 431 g/mol. The Kier molecular flexibility index (Phi) is 5.55. The Morgan fingerprint density at radius 1 is 1.29 bits per heavy atom. The van der Waals surface area contributed by atoms with Crippen LogP contribution in [0.25, 0.3) is 21.7 Å². The number of aromatic carboxylic acids is 1. The number of nitrogens with zero attached hydrogens (tertiary/aromatic N) is 3. The first-order valence-electron chi connectivity index (χ1n) is 8.94. The molecule has 31 heavy (non-hydrogen) atoms. The molecule has 152 valence electrons. The number of ether oxygens (including phenoxy) is 1. The predicted octanol–water partition coefficient (Wildman–Crippen LogP) is 5.62. The van der Waals surface area contributed by atoms with E-state index in [1.807, 2.05) is 17.5 Å². The zero-order valence-electron chi connectivity index (χ0n) is 15.8. The number of carboxylic acids is 1. The van der Waals surface area contributed by atoms with E-state index in [1.165, 1.54) is 42.1 Å². The molecule has 0 radical (unpaired) electrons. The first-order valence-corrected chi connectivity index (χ1v) is 9.82. The van der Waals surface area contributed by atoms with Crippen LogP contribution in [0.4, 0.5) is 5.69 Å². The molecule has 9 heteroatoms.